The molecule has 1 aromatic carbocycles. The first kappa shape index (κ1) is 22.5. The minimum atomic E-state index is -0.487. The molecule has 1 aromatic rings. The summed E-state index contributed by atoms with van der Waals surface area (Å²) in [6.45, 7) is 11.4. The molecule has 1 heterocycles. The van der Waals surface area contributed by atoms with Gasteiger partial charge in [0.15, 0.2) is 0 Å². The predicted molar refractivity (Wildman–Crippen MR) is 120 cm³/mol. The van der Waals surface area contributed by atoms with Crippen molar-refractivity contribution >= 4 is 17.5 Å². The summed E-state index contributed by atoms with van der Waals surface area (Å²) in [5.41, 5.74) is 7.61. The molecule has 2 aliphatic rings. The zero-order chi connectivity index (χ0) is 20.9. The van der Waals surface area contributed by atoms with Crippen molar-refractivity contribution in [2.24, 2.45) is 5.73 Å². The standard InChI is InChI=1S/C23H37ClN4O/c1-3-26(4-2)18-23(11-5-6-12-23)28-15-13-27(14-16-28)22(29)21(25)17-19-7-9-20(24)10-8-19/h7-10,21H,3-6,11-18,25H2,1-2H3. The zero-order valence-corrected chi connectivity index (χ0v) is 18.8. The van der Waals surface area contributed by atoms with Crippen LogP contribution in [0.4, 0.5) is 0 Å². The summed E-state index contributed by atoms with van der Waals surface area (Å²) in [6.07, 6.45) is 5.78. The fourth-order valence-corrected chi connectivity index (χ4v) is 5.19. The zero-order valence-electron chi connectivity index (χ0n) is 18.1. The summed E-state index contributed by atoms with van der Waals surface area (Å²) in [6, 6.07) is 7.11. The number of nitrogens with two attached hydrogens (primary N) is 1. The van der Waals surface area contributed by atoms with E-state index in [1.807, 2.05) is 29.2 Å². The molecular weight excluding hydrogens is 384 g/mol. The number of likely N-dealkylation sites (N-methyl/N-ethyl adjacent to an activating group) is 1. The van der Waals surface area contributed by atoms with Crippen LogP contribution in [0.15, 0.2) is 24.3 Å². The number of piperazine rings is 1. The van der Waals surface area contributed by atoms with Crippen LogP contribution in [0.25, 0.3) is 0 Å². The van der Waals surface area contributed by atoms with Gasteiger partial charge in [-0.2, -0.15) is 0 Å². The number of nitrogens with zero attached hydrogens (tertiary/aromatic N) is 3. The van der Waals surface area contributed by atoms with Gasteiger partial charge in [-0.05, 0) is 50.0 Å². The molecule has 1 aliphatic heterocycles. The largest absolute Gasteiger partial charge is 0.339 e. The van der Waals surface area contributed by atoms with Crippen molar-refractivity contribution in [3.05, 3.63) is 34.9 Å². The number of carbonyl (C=O) groups is 1. The Labute approximate surface area is 181 Å². The highest BCUT2D eigenvalue weighted by Crippen LogP contribution is 2.36. The third-order valence-electron chi connectivity index (χ3n) is 6.89. The van der Waals surface area contributed by atoms with Crippen molar-refractivity contribution in [1.82, 2.24) is 14.7 Å². The van der Waals surface area contributed by atoms with Crippen LogP contribution in [0.5, 0.6) is 0 Å². The van der Waals surface area contributed by atoms with Gasteiger partial charge < -0.3 is 15.5 Å². The van der Waals surface area contributed by atoms with Crippen molar-refractivity contribution in [1.29, 1.82) is 0 Å². The van der Waals surface area contributed by atoms with E-state index in [-0.39, 0.29) is 5.91 Å². The molecule has 1 atom stereocenters. The Kier molecular flexibility index (Phi) is 7.97. The molecule has 3 rings (SSSR count). The van der Waals surface area contributed by atoms with E-state index in [9.17, 15) is 4.79 Å². The number of hydrogen-bond acceptors (Lipinski definition) is 4. The molecule has 0 radical (unpaired) electrons. The third-order valence-corrected chi connectivity index (χ3v) is 7.15. The number of rotatable bonds is 8. The first-order chi connectivity index (χ1) is 14.0. The molecule has 2 fully saturated rings. The Bertz CT molecular complexity index is 647. The van der Waals surface area contributed by atoms with Gasteiger partial charge in [0.05, 0.1) is 6.04 Å². The summed E-state index contributed by atoms with van der Waals surface area (Å²) in [7, 11) is 0. The molecule has 2 N–H and O–H groups in total. The van der Waals surface area contributed by atoms with Crippen molar-refractivity contribution in [3.8, 4) is 0 Å². The van der Waals surface area contributed by atoms with E-state index in [0.29, 0.717) is 17.0 Å². The van der Waals surface area contributed by atoms with Gasteiger partial charge in [0.1, 0.15) is 0 Å². The van der Waals surface area contributed by atoms with E-state index in [1.165, 1.54) is 25.7 Å². The van der Waals surface area contributed by atoms with Gasteiger partial charge in [0, 0.05) is 43.3 Å². The average molecular weight is 421 g/mol. The van der Waals surface area contributed by atoms with Gasteiger partial charge in [-0.15, -0.1) is 0 Å². The van der Waals surface area contributed by atoms with E-state index in [0.717, 1.165) is 51.4 Å². The van der Waals surface area contributed by atoms with Crippen LogP contribution in [0.3, 0.4) is 0 Å². The molecule has 0 bridgehead atoms. The van der Waals surface area contributed by atoms with E-state index < -0.39 is 6.04 Å². The van der Waals surface area contributed by atoms with Gasteiger partial charge in [0.2, 0.25) is 5.91 Å². The molecular formula is C23H37ClN4O. The first-order valence-electron chi connectivity index (χ1n) is 11.2. The third kappa shape index (κ3) is 5.52. The minimum absolute atomic E-state index is 0.0730. The summed E-state index contributed by atoms with van der Waals surface area (Å²) in [5, 5.41) is 0.704. The molecule has 5 nitrogen and oxygen atoms in total. The summed E-state index contributed by atoms with van der Waals surface area (Å²) >= 11 is 5.95. The lowest BCUT2D eigenvalue weighted by molar-refractivity contribution is -0.135. The number of carbonyl (C=O) groups excluding carboxylic acids is 1. The van der Waals surface area contributed by atoms with Crippen LogP contribution in [-0.4, -0.2) is 78.0 Å². The summed E-state index contributed by atoms with van der Waals surface area (Å²) < 4.78 is 0. The van der Waals surface area contributed by atoms with Gasteiger partial charge >= 0.3 is 0 Å². The number of amides is 1. The molecule has 1 amide bonds. The van der Waals surface area contributed by atoms with Crippen LogP contribution in [0, 0.1) is 0 Å². The number of hydrogen-bond donors (Lipinski definition) is 1. The lowest BCUT2D eigenvalue weighted by Crippen LogP contribution is -2.61. The molecule has 6 heteroatoms. The summed E-state index contributed by atoms with van der Waals surface area (Å²) in [5.74, 6) is 0.0730. The minimum Gasteiger partial charge on any atom is -0.339 e. The second-order valence-electron chi connectivity index (χ2n) is 8.64. The maximum absolute atomic E-state index is 12.9. The molecule has 1 saturated heterocycles. The Balaban J connectivity index is 1.55. The van der Waals surface area contributed by atoms with Crippen molar-refractivity contribution in [3.63, 3.8) is 0 Å². The monoisotopic (exact) mass is 420 g/mol. The lowest BCUT2D eigenvalue weighted by atomic mass is 9.92. The first-order valence-corrected chi connectivity index (χ1v) is 11.6. The smallest absolute Gasteiger partial charge is 0.239 e. The fraction of sp³-hybridized carbons (Fsp3) is 0.696. The maximum Gasteiger partial charge on any atom is 0.239 e. The lowest BCUT2D eigenvalue weighted by Gasteiger charge is -2.48. The Morgan fingerprint density at radius 3 is 2.24 bits per heavy atom. The van der Waals surface area contributed by atoms with Crippen LogP contribution >= 0.6 is 11.6 Å². The van der Waals surface area contributed by atoms with Crippen LogP contribution in [0.2, 0.25) is 5.02 Å². The van der Waals surface area contributed by atoms with Crippen LogP contribution in [0.1, 0.15) is 45.1 Å². The van der Waals surface area contributed by atoms with Crippen molar-refractivity contribution < 1.29 is 4.79 Å². The molecule has 162 valence electrons. The number of benzene rings is 1. The van der Waals surface area contributed by atoms with Crippen molar-refractivity contribution in [2.45, 2.75) is 57.5 Å². The second kappa shape index (κ2) is 10.3. The molecule has 0 aromatic heterocycles. The quantitative estimate of drug-likeness (QED) is 0.702. The highest BCUT2D eigenvalue weighted by Gasteiger charge is 2.42. The fourth-order valence-electron chi connectivity index (χ4n) is 5.07. The van der Waals surface area contributed by atoms with Gasteiger partial charge in [-0.25, -0.2) is 0 Å². The normalized spacial score (nSPS) is 20.9. The van der Waals surface area contributed by atoms with E-state index >= 15 is 0 Å². The highest BCUT2D eigenvalue weighted by molar-refractivity contribution is 6.30. The Morgan fingerprint density at radius 1 is 1.10 bits per heavy atom. The highest BCUT2D eigenvalue weighted by atomic mass is 35.5. The Morgan fingerprint density at radius 2 is 1.69 bits per heavy atom. The number of halogens is 1. The van der Waals surface area contributed by atoms with Gasteiger partial charge in [-0.1, -0.05) is 50.4 Å². The molecule has 1 aliphatic carbocycles. The SMILES string of the molecule is CCN(CC)CC1(N2CCN(C(=O)C(N)Cc3ccc(Cl)cc3)CC2)CCCC1. The molecule has 1 unspecified atom stereocenters. The molecule has 0 spiro atoms. The maximum atomic E-state index is 12.9. The second-order valence-corrected chi connectivity index (χ2v) is 9.08. The van der Waals surface area contributed by atoms with Gasteiger partial charge in [-0.3, -0.25) is 9.69 Å². The van der Waals surface area contributed by atoms with E-state index in [4.69, 9.17) is 17.3 Å². The average Bonchev–Trinajstić information content (AvgIpc) is 3.23. The van der Waals surface area contributed by atoms with Crippen molar-refractivity contribution in [2.75, 3.05) is 45.8 Å². The van der Waals surface area contributed by atoms with Crippen LogP contribution < -0.4 is 5.73 Å². The van der Waals surface area contributed by atoms with E-state index in [1.54, 1.807) is 0 Å². The topological polar surface area (TPSA) is 52.8 Å². The van der Waals surface area contributed by atoms with Gasteiger partial charge in [0.25, 0.3) is 0 Å². The molecule has 29 heavy (non-hydrogen) atoms. The molecule has 1 saturated carbocycles. The summed E-state index contributed by atoms with van der Waals surface area (Å²) in [4.78, 5) is 20.1. The Hall–Kier alpha value is -1.14. The predicted octanol–water partition coefficient (Wildman–Crippen LogP) is 3.01. The van der Waals surface area contributed by atoms with Crippen LogP contribution in [-0.2, 0) is 11.2 Å². The van der Waals surface area contributed by atoms with E-state index in [2.05, 4.69) is 23.6 Å².